The Balaban J connectivity index is 2.01. The molecule has 0 bridgehead atoms. The van der Waals surface area contributed by atoms with Crippen molar-refractivity contribution in [2.45, 2.75) is 33.7 Å². The standard InChI is InChI=1S/C24H27N/c1-18(2)20(4)25(24-13-9-8-10-19(24)3)23-16-14-22(15-17-23)21-11-6-5-7-12-21/h5-18,20H,1-4H3. The van der Waals surface area contributed by atoms with Gasteiger partial charge < -0.3 is 4.90 Å². The number of anilines is 2. The minimum Gasteiger partial charge on any atom is -0.338 e. The molecule has 0 saturated carbocycles. The number of hydrogen-bond acceptors (Lipinski definition) is 1. The summed E-state index contributed by atoms with van der Waals surface area (Å²) in [5, 5.41) is 0. The van der Waals surface area contributed by atoms with E-state index in [9.17, 15) is 0 Å². The average molecular weight is 329 g/mol. The lowest BCUT2D eigenvalue weighted by atomic mass is 10.00. The summed E-state index contributed by atoms with van der Waals surface area (Å²) in [6.45, 7) is 9.07. The van der Waals surface area contributed by atoms with E-state index in [0.29, 0.717) is 12.0 Å². The molecule has 0 aliphatic rings. The largest absolute Gasteiger partial charge is 0.338 e. The first kappa shape index (κ1) is 17.3. The zero-order valence-corrected chi connectivity index (χ0v) is 15.6. The van der Waals surface area contributed by atoms with E-state index < -0.39 is 0 Å². The lowest BCUT2D eigenvalue weighted by Crippen LogP contribution is -2.33. The van der Waals surface area contributed by atoms with Crippen LogP contribution in [-0.2, 0) is 0 Å². The highest BCUT2D eigenvalue weighted by molar-refractivity contribution is 5.71. The maximum atomic E-state index is 2.47. The van der Waals surface area contributed by atoms with Crippen molar-refractivity contribution in [2.24, 2.45) is 5.92 Å². The molecule has 0 saturated heterocycles. The molecule has 3 rings (SSSR count). The van der Waals surface area contributed by atoms with Crippen molar-refractivity contribution < 1.29 is 0 Å². The molecule has 0 heterocycles. The Labute approximate surface area is 151 Å². The maximum Gasteiger partial charge on any atom is 0.0443 e. The Morgan fingerprint density at radius 2 is 1.20 bits per heavy atom. The van der Waals surface area contributed by atoms with Gasteiger partial charge in [0.25, 0.3) is 0 Å². The third kappa shape index (κ3) is 3.76. The Kier molecular flexibility index (Phi) is 5.23. The first-order chi connectivity index (χ1) is 12.1. The van der Waals surface area contributed by atoms with Crippen LogP contribution >= 0.6 is 0 Å². The third-order valence-corrected chi connectivity index (χ3v) is 5.00. The second-order valence-corrected chi connectivity index (χ2v) is 7.05. The number of rotatable bonds is 5. The van der Waals surface area contributed by atoms with Crippen molar-refractivity contribution in [2.75, 3.05) is 4.90 Å². The molecule has 0 N–H and O–H groups in total. The summed E-state index contributed by atoms with van der Waals surface area (Å²) in [7, 11) is 0. The zero-order chi connectivity index (χ0) is 17.8. The van der Waals surface area contributed by atoms with Gasteiger partial charge in [0.05, 0.1) is 0 Å². The third-order valence-electron chi connectivity index (χ3n) is 5.00. The van der Waals surface area contributed by atoms with Crippen molar-refractivity contribution in [1.82, 2.24) is 0 Å². The van der Waals surface area contributed by atoms with Crippen LogP contribution < -0.4 is 4.90 Å². The number of aryl methyl sites for hydroxylation is 1. The summed E-state index contributed by atoms with van der Waals surface area (Å²) in [6, 6.07) is 28.5. The summed E-state index contributed by atoms with van der Waals surface area (Å²) in [4.78, 5) is 2.47. The number of hydrogen-bond donors (Lipinski definition) is 0. The summed E-state index contributed by atoms with van der Waals surface area (Å²) in [6.07, 6.45) is 0. The minimum absolute atomic E-state index is 0.420. The molecule has 0 aliphatic carbocycles. The van der Waals surface area contributed by atoms with E-state index in [1.54, 1.807) is 0 Å². The van der Waals surface area contributed by atoms with Crippen LogP contribution in [-0.4, -0.2) is 6.04 Å². The summed E-state index contributed by atoms with van der Waals surface area (Å²) in [5.41, 5.74) is 6.35. The topological polar surface area (TPSA) is 3.24 Å². The van der Waals surface area contributed by atoms with E-state index in [4.69, 9.17) is 0 Å². The highest BCUT2D eigenvalue weighted by atomic mass is 15.2. The molecule has 128 valence electrons. The van der Waals surface area contributed by atoms with E-state index >= 15 is 0 Å². The molecule has 1 atom stereocenters. The Hall–Kier alpha value is -2.54. The van der Waals surface area contributed by atoms with Crippen LogP contribution in [0.2, 0.25) is 0 Å². The highest BCUT2D eigenvalue weighted by Gasteiger charge is 2.20. The summed E-state index contributed by atoms with van der Waals surface area (Å²) in [5.74, 6) is 0.563. The van der Waals surface area contributed by atoms with Gasteiger partial charge in [-0.15, -0.1) is 0 Å². The quantitative estimate of drug-likeness (QED) is 0.495. The molecule has 25 heavy (non-hydrogen) atoms. The fourth-order valence-electron chi connectivity index (χ4n) is 3.17. The number of para-hydroxylation sites is 1. The Morgan fingerprint density at radius 3 is 1.80 bits per heavy atom. The van der Waals surface area contributed by atoms with Gasteiger partial charge in [0.1, 0.15) is 0 Å². The molecular weight excluding hydrogens is 302 g/mol. The molecular formula is C24H27N. The van der Waals surface area contributed by atoms with Crippen LogP contribution in [0.4, 0.5) is 11.4 Å². The lowest BCUT2D eigenvalue weighted by Gasteiger charge is -2.35. The van der Waals surface area contributed by atoms with Gasteiger partial charge in [-0.1, -0.05) is 74.5 Å². The van der Waals surface area contributed by atoms with Crippen LogP contribution in [0, 0.1) is 12.8 Å². The average Bonchev–Trinajstić information content (AvgIpc) is 2.64. The van der Waals surface area contributed by atoms with Gasteiger partial charge in [-0.2, -0.15) is 0 Å². The van der Waals surface area contributed by atoms with Gasteiger partial charge in [0, 0.05) is 17.4 Å². The Morgan fingerprint density at radius 1 is 0.640 bits per heavy atom. The van der Waals surface area contributed by atoms with Gasteiger partial charge in [-0.25, -0.2) is 0 Å². The van der Waals surface area contributed by atoms with E-state index in [0.717, 1.165) is 0 Å². The van der Waals surface area contributed by atoms with E-state index in [-0.39, 0.29) is 0 Å². The van der Waals surface area contributed by atoms with Crippen molar-refractivity contribution in [3.05, 3.63) is 84.4 Å². The normalized spacial score (nSPS) is 12.2. The predicted molar refractivity (Wildman–Crippen MR) is 109 cm³/mol. The molecule has 3 aromatic rings. The van der Waals surface area contributed by atoms with E-state index in [2.05, 4.69) is 111 Å². The molecule has 1 unspecified atom stereocenters. The van der Waals surface area contributed by atoms with Gasteiger partial charge in [-0.3, -0.25) is 0 Å². The predicted octanol–water partition coefficient (Wildman–Crippen LogP) is 6.84. The molecule has 1 nitrogen and oxygen atoms in total. The van der Waals surface area contributed by atoms with Crippen LogP contribution in [0.25, 0.3) is 11.1 Å². The van der Waals surface area contributed by atoms with Crippen LogP contribution in [0.15, 0.2) is 78.9 Å². The lowest BCUT2D eigenvalue weighted by molar-refractivity contribution is 0.518. The smallest absolute Gasteiger partial charge is 0.0443 e. The highest BCUT2D eigenvalue weighted by Crippen LogP contribution is 2.34. The molecule has 0 aromatic heterocycles. The van der Waals surface area contributed by atoms with Crippen molar-refractivity contribution >= 4 is 11.4 Å². The van der Waals surface area contributed by atoms with Gasteiger partial charge in [0.15, 0.2) is 0 Å². The second-order valence-electron chi connectivity index (χ2n) is 7.05. The van der Waals surface area contributed by atoms with Gasteiger partial charge in [-0.05, 0) is 54.7 Å². The Bertz CT molecular complexity index is 803. The van der Waals surface area contributed by atoms with Crippen LogP contribution in [0.1, 0.15) is 26.3 Å². The molecule has 1 heteroatoms. The van der Waals surface area contributed by atoms with E-state index in [1.807, 2.05) is 0 Å². The maximum absolute atomic E-state index is 2.47. The van der Waals surface area contributed by atoms with Gasteiger partial charge in [0.2, 0.25) is 0 Å². The minimum atomic E-state index is 0.420. The molecule has 0 radical (unpaired) electrons. The molecule has 0 fully saturated rings. The summed E-state index contributed by atoms with van der Waals surface area (Å²) < 4.78 is 0. The first-order valence-electron chi connectivity index (χ1n) is 9.08. The monoisotopic (exact) mass is 329 g/mol. The first-order valence-corrected chi connectivity index (χ1v) is 9.08. The molecule has 3 aromatic carbocycles. The number of nitrogens with zero attached hydrogens (tertiary/aromatic N) is 1. The SMILES string of the molecule is Cc1ccccc1N(c1ccc(-c2ccccc2)cc1)C(C)C(C)C. The van der Waals surface area contributed by atoms with Crippen molar-refractivity contribution in [3.8, 4) is 11.1 Å². The second kappa shape index (κ2) is 7.57. The van der Waals surface area contributed by atoms with Crippen LogP contribution in [0.3, 0.4) is 0 Å². The molecule has 0 aliphatic heterocycles. The van der Waals surface area contributed by atoms with Gasteiger partial charge >= 0.3 is 0 Å². The van der Waals surface area contributed by atoms with Crippen molar-refractivity contribution in [1.29, 1.82) is 0 Å². The molecule has 0 amide bonds. The fraction of sp³-hybridized carbons (Fsp3) is 0.250. The zero-order valence-electron chi connectivity index (χ0n) is 15.6. The van der Waals surface area contributed by atoms with Crippen molar-refractivity contribution in [3.63, 3.8) is 0 Å². The molecule has 0 spiro atoms. The fourth-order valence-corrected chi connectivity index (χ4v) is 3.17. The number of benzene rings is 3. The van der Waals surface area contributed by atoms with E-state index in [1.165, 1.54) is 28.1 Å². The van der Waals surface area contributed by atoms with Crippen LogP contribution in [0.5, 0.6) is 0 Å². The summed E-state index contributed by atoms with van der Waals surface area (Å²) >= 11 is 0.